The van der Waals surface area contributed by atoms with Crippen LogP contribution in [0.1, 0.15) is 18.0 Å². The Kier molecular flexibility index (Phi) is 5.03. The summed E-state index contributed by atoms with van der Waals surface area (Å²) in [5, 5.41) is 9.22. The van der Waals surface area contributed by atoms with Crippen LogP contribution in [0.15, 0.2) is 18.2 Å². The quantitative estimate of drug-likeness (QED) is 0.918. The number of benzene rings is 1. The largest absolute Gasteiger partial charge is 0.481 e. The standard InChI is InChI=1S/C15H18ClFN2O3/c1-18(2)13(12-10(16)4-3-5-11(12)17)14(20)19-7-6-9(8-19)15(21)22/h3-5,9,13H,6-8H2,1-2H3,(H,21,22). The number of amides is 1. The Morgan fingerprint density at radius 3 is 2.64 bits per heavy atom. The van der Waals surface area contributed by atoms with E-state index in [-0.39, 0.29) is 23.0 Å². The molecule has 1 aliphatic heterocycles. The molecule has 1 aromatic carbocycles. The second-order valence-corrected chi connectivity index (χ2v) is 6.02. The van der Waals surface area contributed by atoms with E-state index in [2.05, 4.69) is 0 Å². The topological polar surface area (TPSA) is 60.9 Å². The van der Waals surface area contributed by atoms with Crippen molar-refractivity contribution < 1.29 is 19.1 Å². The summed E-state index contributed by atoms with van der Waals surface area (Å²) in [6.45, 7) is 0.497. The van der Waals surface area contributed by atoms with Crippen molar-refractivity contribution >= 4 is 23.5 Å². The lowest BCUT2D eigenvalue weighted by Gasteiger charge is -2.29. The highest BCUT2D eigenvalue weighted by Crippen LogP contribution is 2.31. The third kappa shape index (κ3) is 3.23. The predicted octanol–water partition coefficient (Wildman–Crippen LogP) is 2.01. The molecule has 2 atom stereocenters. The molecule has 1 amide bonds. The van der Waals surface area contributed by atoms with Crippen LogP contribution >= 0.6 is 11.6 Å². The SMILES string of the molecule is CN(C)C(C(=O)N1CCC(C(=O)O)C1)c1c(F)cccc1Cl. The van der Waals surface area contributed by atoms with E-state index in [9.17, 15) is 14.0 Å². The van der Waals surface area contributed by atoms with Gasteiger partial charge in [0.15, 0.2) is 0 Å². The van der Waals surface area contributed by atoms with Crippen molar-refractivity contribution in [1.82, 2.24) is 9.80 Å². The van der Waals surface area contributed by atoms with Gasteiger partial charge in [-0.25, -0.2) is 4.39 Å². The van der Waals surface area contributed by atoms with E-state index in [1.54, 1.807) is 19.0 Å². The first-order valence-electron chi connectivity index (χ1n) is 6.95. The summed E-state index contributed by atoms with van der Waals surface area (Å²) in [5.41, 5.74) is 0.123. The van der Waals surface area contributed by atoms with Crippen LogP contribution in [0.5, 0.6) is 0 Å². The van der Waals surface area contributed by atoms with Crippen molar-refractivity contribution in [3.63, 3.8) is 0 Å². The van der Waals surface area contributed by atoms with E-state index < -0.39 is 23.7 Å². The average molecular weight is 329 g/mol. The molecule has 0 aromatic heterocycles. The van der Waals surface area contributed by atoms with E-state index >= 15 is 0 Å². The van der Waals surface area contributed by atoms with Crippen LogP contribution in [0.3, 0.4) is 0 Å². The molecule has 5 nitrogen and oxygen atoms in total. The first-order valence-corrected chi connectivity index (χ1v) is 7.32. The number of halogens is 2. The minimum atomic E-state index is -0.916. The van der Waals surface area contributed by atoms with Gasteiger partial charge < -0.3 is 10.0 Å². The third-order valence-electron chi connectivity index (χ3n) is 3.87. The maximum Gasteiger partial charge on any atom is 0.308 e. The first kappa shape index (κ1) is 16.7. The van der Waals surface area contributed by atoms with Gasteiger partial charge in [0, 0.05) is 23.7 Å². The number of carbonyl (C=O) groups is 2. The average Bonchev–Trinajstić information content (AvgIpc) is 2.92. The van der Waals surface area contributed by atoms with Gasteiger partial charge in [-0.2, -0.15) is 0 Å². The molecule has 0 spiro atoms. The number of likely N-dealkylation sites (N-methyl/N-ethyl adjacent to an activating group) is 1. The highest BCUT2D eigenvalue weighted by molar-refractivity contribution is 6.31. The Morgan fingerprint density at radius 2 is 2.14 bits per heavy atom. The van der Waals surface area contributed by atoms with Gasteiger partial charge in [0.05, 0.1) is 5.92 Å². The lowest BCUT2D eigenvalue weighted by molar-refractivity contribution is -0.141. The highest BCUT2D eigenvalue weighted by atomic mass is 35.5. The Bertz CT molecular complexity index is 574. The van der Waals surface area contributed by atoms with E-state index in [0.717, 1.165) is 0 Å². The molecule has 1 aliphatic rings. The molecule has 1 aromatic rings. The molecule has 7 heteroatoms. The zero-order valence-corrected chi connectivity index (χ0v) is 13.2. The molecule has 2 rings (SSSR count). The smallest absolute Gasteiger partial charge is 0.308 e. The van der Waals surface area contributed by atoms with E-state index in [1.807, 2.05) is 0 Å². The van der Waals surface area contributed by atoms with Gasteiger partial charge >= 0.3 is 5.97 Å². The molecule has 0 saturated carbocycles. The Morgan fingerprint density at radius 1 is 1.45 bits per heavy atom. The second kappa shape index (κ2) is 6.62. The van der Waals surface area contributed by atoms with Gasteiger partial charge in [-0.1, -0.05) is 17.7 Å². The molecular weight excluding hydrogens is 311 g/mol. The Labute approximate surface area is 133 Å². The number of nitrogens with zero attached hydrogens (tertiary/aromatic N) is 2. The number of aliphatic carboxylic acids is 1. The van der Waals surface area contributed by atoms with Crippen molar-refractivity contribution in [2.24, 2.45) is 5.92 Å². The summed E-state index contributed by atoms with van der Waals surface area (Å²) in [7, 11) is 3.33. The monoisotopic (exact) mass is 328 g/mol. The fourth-order valence-corrected chi connectivity index (χ4v) is 2.98. The van der Waals surface area contributed by atoms with Gasteiger partial charge in [0.25, 0.3) is 0 Å². The number of carboxylic acid groups (broad SMARTS) is 1. The van der Waals surface area contributed by atoms with Crippen LogP contribution in [0.25, 0.3) is 0 Å². The predicted molar refractivity (Wildman–Crippen MR) is 80.2 cm³/mol. The van der Waals surface area contributed by atoms with Crippen molar-refractivity contribution in [2.75, 3.05) is 27.2 Å². The summed E-state index contributed by atoms with van der Waals surface area (Å²) >= 11 is 6.07. The van der Waals surface area contributed by atoms with Crippen LogP contribution in [-0.4, -0.2) is 54.0 Å². The molecule has 120 valence electrons. The summed E-state index contributed by atoms with van der Waals surface area (Å²) in [4.78, 5) is 26.8. The normalized spacial score (nSPS) is 19.5. The van der Waals surface area contributed by atoms with Gasteiger partial charge in [0.1, 0.15) is 11.9 Å². The second-order valence-electron chi connectivity index (χ2n) is 5.61. The minimum absolute atomic E-state index is 0.123. The number of carboxylic acids is 1. The maximum atomic E-state index is 14.1. The van der Waals surface area contributed by atoms with Gasteiger partial charge in [-0.15, -0.1) is 0 Å². The van der Waals surface area contributed by atoms with Crippen molar-refractivity contribution in [3.8, 4) is 0 Å². The molecule has 1 heterocycles. The number of hydrogen-bond acceptors (Lipinski definition) is 3. The van der Waals surface area contributed by atoms with Crippen molar-refractivity contribution in [2.45, 2.75) is 12.5 Å². The molecule has 1 saturated heterocycles. The lowest BCUT2D eigenvalue weighted by atomic mass is 10.0. The summed E-state index contributed by atoms with van der Waals surface area (Å²) < 4.78 is 14.1. The van der Waals surface area contributed by atoms with Crippen molar-refractivity contribution in [1.29, 1.82) is 0 Å². The minimum Gasteiger partial charge on any atom is -0.481 e. The van der Waals surface area contributed by atoms with Crippen LogP contribution < -0.4 is 0 Å². The highest BCUT2D eigenvalue weighted by Gasteiger charge is 2.37. The molecule has 0 bridgehead atoms. The number of likely N-dealkylation sites (tertiary alicyclic amines) is 1. The molecular formula is C15H18ClFN2O3. The molecule has 2 unspecified atom stereocenters. The zero-order valence-electron chi connectivity index (χ0n) is 12.4. The van der Waals surface area contributed by atoms with Crippen LogP contribution in [0.2, 0.25) is 5.02 Å². The molecule has 0 aliphatic carbocycles. The fourth-order valence-electron chi connectivity index (χ4n) is 2.71. The summed E-state index contributed by atoms with van der Waals surface area (Å²) in [6, 6.07) is 3.40. The fraction of sp³-hybridized carbons (Fsp3) is 0.467. The Hall–Kier alpha value is -1.66. The Balaban J connectivity index is 2.29. The zero-order chi connectivity index (χ0) is 16.4. The van der Waals surface area contributed by atoms with Gasteiger partial charge in [-0.3, -0.25) is 14.5 Å². The summed E-state index contributed by atoms with van der Waals surface area (Å²) in [6.07, 6.45) is 0.409. The van der Waals surface area contributed by atoms with Crippen molar-refractivity contribution in [3.05, 3.63) is 34.6 Å². The first-order chi connectivity index (χ1) is 10.3. The lowest BCUT2D eigenvalue weighted by Crippen LogP contribution is -2.40. The van der Waals surface area contributed by atoms with Crippen LogP contribution in [-0.2, 0) is 9.59 Å². The molecule has 1 N–H and O–H groups in total. The molecule has 22 heavy (non-hydrogen) atoms. The van der Waals surface area contributed by atoms with E-state index in [1.165, 1.54) is 23.1 Å². The number of carbonyl (C=O) groups excluding carboxylic acids is 1. The van der Waals surface area contributed by atoms with Gasteiger partial charge in [0.2, 0.25) is 5.91 Å². The summed E-state index contributed by atoms with van der Waals surface area (Å²) in [5.74, 6) is -2.36. The van der Waals surface area contributed by atoms with Crippen LogP contribution in [0.4, 0.5) is 4.39 Å². The third-order valence-corrected chi connectivity index (χ3v) is 4.20. The van der Waals surface area contributed by atoms with Crippen LogP contribution in [0, 0.1) is 11.7 Å². The maximum absolute atomic E-state index is 14.1. The van der Waals surface area contributed by atoms with E-state index in [0.29, 0.717) is 13.0 Å². The number of rotatable bonds is 4. The van der Waals surface area contributed by atoms with Gasteiger partial charge in [-0.05, 0) is 32.6 Å². The number of hydrogen-bond donors (Lipinski definition) is 1. The molecule has 1 fully saturated rings. The molecule has 0 radical (unpaired) electrons. The van der Waals surface area contributed by atoms with E-state index in [4.69, 9.17) is 16.7 Å².